The third kappa shape index (κ3) is 5.06. The van der Waals surface area contributed by atoms with Crippen molar-refractivity contribution >= 4 is 10.0 Å². The predicted molar refractivity (Wildman–Crippen MR) is 79.7 cm³/mol. The van der Waals surface area contributed by atoms with Crippen molar-refractivity contribution in [1.29, 1.82) is 0 Å². The van der Waals surface area contributed by atoms with Crippen molar-refractivity contribution in [3.63, 3.8) is 0 Å². The van der Waals surface area contributed by atoms with Gasteiger partial charge in [0.1, 0.15) is 4.90 Å². The molecule has 0 radical (unpaired) electrons. The summed E-state index contributed by atoms with van der Waals surface area (Å²) in [4.78, 5) is 0.199. The predicted octanol–water partition coefficient (Wildman–Crippen LogP) is 0.587. The zero-order valence-corrected chi connectivity index (χ0v) is 13.7. The summed E-state index contributed by atoms with van der Waals surface area (Å²) in [5.74, 6) is 0. The van der Waals surface area contributed by atoms with Gasteiger partial charge in [0.05, 0.1) is 24.5 Å². The Hall–Kier alpha value is -0.960. The molecule has 0 aliphatic rings. The Morgan fingerprint density at radius 2 is 2.05 bits per heavy atom. The van der Waals surface area contributed by atoms with Crippen LogP contribution in [0.2, 0.25) is 0 Å². The third-order valence-corrected chi connectivity index (χ3v) is 4.71. The van der Waals surface area contributed by atoms with Crippen LogP contribution in [0.3, 0.4) is 0 Å². The maximum absolute atomic E-state index is 12.3. The monoisotopic (exact) mass is 319 g/mol. The molecule has 0 amide bonds. The minimum absolute atomic E-state index is 0.0797. The van der Waals surface area contributed by atoms with E-state index in [2.05, 4.69) is 9.82 Å². The number of hydrogen-bond donors (Lipinski definition) is 2. The number of rotatable bonds is 10. The summed E-state index contributed by atoms with van der Waals surface area (Å²) in [6.45, 7) is 7.14. The Balaban J connectivity index is 2.66. The zero-order chi connectivity index (χ0) is 15.9. The second kappa shape index (κ2) is 8.47. The molecule has 0 aromatic carbocycles. The average molecular weight is 319 g/mol. The summed E-state index contributed by atoms with van der Waals surface area (Å²) >= 11 is 0. The van der Waals surface area contributed by atoms with E-state index in [9.17, 15) is 8.42 Å². The van der Waals surface area contributed by atoms with Crippen LogP contribution < -0.4 is 4.72 Å². The van der Waals surface area contributed by atoms with Crippen molar-refractivity contribution in [2.45, 2.75) is 45.1 Å². The molecule has 0 bridgehead atoms. The molecule has 0 aliphatic carbocycles. The Morgan fingerprint density at radius 1 is 1.33 bits per heavy atom. The standard InChI is InChI=1S/C13H25N3O4S/c1-4-9-20-10-5-6-14-21(18,19)13-11(2)15-16(7-8-17)12(13)3/h14,17H,4-10H2,1-3H3. The van der Waals surface area contributed by atoms with E-state index < -0.39 is 10.0 Å². The molecule has 2 N–H and O–H groups in total. The highest BCUT2D eigenvalue weighted by molar-refractivity contribution is 7.89. The fourth-order valence-corrected chi connectivity index (χ4v) is 3.56. The lowest BCUT2D eigenvalue weighted by Gasteiger charge is -2.08. The quantitative estimate of drug-likeness (QED) is 0.616. The van der Waals surface area contributed by atoms with E-state index in [1.807, 2.05) is 6.92 Å². The van der Waals surface area contributed by atoms with Crippen LogP contribution in [-0.2, 0) is 21.3 Å². The Morgan fingerprint density at radius 3 is 2.67 bits per heavy atom. The van der Waals surface area contributed by atoms with Gasteiger partial charge in [-0.15, -0.1) is 0 Å². The number of ether oxygens (including phenoxy) is 1. The summed E-state index contributed by atoms with van der Waals surface area (Å²) in [5.41, 5.74) is 0.979. The Bertz CT molecular complexity index is 540. The molecule has 0 spiro atoms. The Kier molecular flexibility index (Phi) is 7.30. The van der Waals surface area contributed by atoms with Crippen molar-refractivity contribution in [2.75, 3.05) is 26.4 Å². The minimum Gasteiger partial charge on any atom is -0.394 e. The first-order chi connectivity index (χ1) is 9.94. The summed E-state index contributed by atoms with van der Waals surface area (Å²) in [6, 6.07) is 0. The molecule has 122 valence electrons. The van der Waals surface area contributed by atoms with E-state index in [1.165, 1.54) is 4.68 Å². The van der Waals surface area contributed by atoms with Gasteiger partial charge in [-0.3, -0.25) is 4.68 Å². The van der Waals surface area contributed by atoms with Gasteiger partial charge in [0.25, 0.3) is 0 Å². The van der Waals surface area contributed by atoms with Gasteiger partial charge in [-0.25, -0.2) is 13.1 Å². The van der Waals surface area contributed by atoms with Gasteiger partial charge < -0.3 is 9.84 Å². The van der Waals surface area contributed by atoms with Gasteiger partial charge in [-0.2, -0.15) is 5.10 Å². The first kappa shape index (κ1) is 18.1. The van der Waals surface area contributed by atoms with Gasteiger partial charge >= 0.3 is 0 Å². The largest absolute Gasteiger partial charge is 0.394 e. The number of nitrogens with zero attached hydrogens (tertiary/aromatic N) is 2. The zero-order valence-electron chi connectivity index (χ0n) is 12.9. The molecule has 1 aromatic heterocycles. The maximum atomic E-state index is 12.3. The topological polar surface area (TPSA) is 93.5 Å². The van der Waals surface area contributed by atoms with Crippen LogP contribution in [0, 0.1) is 13.8 Å². The fourth-order valence-electron chi connectivity index (χ4n) is 2.08. The highest BCUT2D eigenvalue weighted by atomic mass is 32.2. The lowest BCUT2D eigenvalue weighted by molar-refractivity contribution is 0.133. The summed E-state index contributed by atoms with van der Waals surface area (Å²) in [7, 11) is -3.58. The average Bonchev–Trinajstić information content (AvgIpc) is 2.69. The SMILES string of the molecule is CCCOCCCNS(=O)(=O)c1c(C)nn(CCO)c1C. The number of aliphatic hydroxyl groups is 1. The van der Waals surface area contributed by atoms with E-state index in [0.29, 0.717) is 37.6 Å². The number of aryl methyl sites for hydroxylation is 1. The van der Waals surface area contributed by atoms with Crippen LogP contribution in [0.25, 0.3) is 0 Å². The van der Waals surface area contributed by atoms with Crippen LogP contribution in [0.5, 0.6) is 0 Å². The molecule has 1 aromatic rings. The molecule has 8 heteroatoms. The van der Waals surface area contributed by atoms with Crippen molar-refractivity contribution < 1.29 is 18.3 Å². The first-order valence-corrected chi connectivity index (χ1v) is 8.64. The van der Waals surface area contributed by atoms with Crippen LogP contribution in [0.1, 0.15) is 31.2 Å². The van der Waals surface area contributed by atoms with Crippen molar-refractivity contribution in [1.82, 2.24) is 14.5 Å². The molecular formula is C13H25N3O4S. The number of hydrogen-bond acceptors (Lipinski definition) is 5. The van der Waals surface area contributed by atoms with Crippen molar-refractivity contribution in [2.24, 2.45) is 0 Å². The van der Waals surface area contributed by atoms with Gasteiger partial charge in [0, 0.05) is 19.8 Å². The Labute approximate surface area is 126 Å². The van der Waals surface area contributed by atoms with Crippen LogP contribution in [0.15, 0.2) is 4.90 Å². The minimum atomic E-state index is -3.58. The van der Waals surface area contributed by atoms with E-state index in [4.69, 9.17) is 9.84 Å². The second-order valence-electron chi connectivity index (χ2n) is 4.81. The molecule has 0 unspecified atom stereocenters. The molecule has 7 nitrogen and oxygen atoms in total. The maximum Gasteiger partial charge on any atom is 0.244 e. The number of aromatic nitrogens is 2. The highest BCUT2D eigenvalue weighted by Gasteiger charge is 2.23. The van der Waals surface area contributed by atoms with E-state index in [1.54, 1.807) is 13.8 Å². The lowest BCUT2D eigenvalue weighted by atomic mass is 10.4. The van der Waals surface area contributed by atoms with Gasteiger partial charge in [-0.05, 0) is 26.7 Å². The smallest absolute Gasteiger partial charge is 0.244 e. The van der Waals surface area contributed by atoms with Crippen molar-refractivity contribution in [3.05, 3.63) is 11.4 Å². The first-order valence-electron chi connectivity index (χ1n) is 7.16. The molecule has 0 atom stereocenters. The van der Waals surface area contributed by atoms with E-state index in [-0.39, 0.29) is 18.0 Å². The van der Waals surface area contributed by atoms with Gasteiger partial charge in [0.15, 0.2) is 0 Å². The lowest BCUT2D eigenvalue weighted by Crippen LogP contribution is -2.26. The van der Waals surface area contributed by atoms with Crippen LogP contribution in [-0.4, -0.2) is 49.7 Å². The second-order valence-corrected chi connectivity index (χ2v) is 6.51. The van der Waals surface area contributed by atoms with Crippen LogP contribution >= 0.6 is 0 Å². The molecule has 0 fully saturated rings. The van der Waals surface area contributed by atoms with E-state index in [0.717, 1.165) is 6.42 Å². The van der Waals surface area contributed by atoms with Crippen LogP contribution in [0.4, 0.5) is 0 Å². The third-order valence-electron chi connectivity index (χ3n) is 3.00. The fraction of sp³-hybridized carbons (Fsp3) is 0.769. The molecule has 0 saturated heterocycles. The molecule has 0 aliphatic heterocycles. The molecule has 21 heavy (non-hydrogen) atoms. The summed E-state index contributed by atoms with van der Waals surface area (Å²) in [6.07, 6.45) is 1.58. The summed E-state index contributed by atoms with van der Waals surface area (Å²) in [5, 5.41) is 13.1. The van der Waals surface area contributed by atoms with Crippen molar-refractivity contribution in [3.8, 4) is 0 Å². The molecule has 1 rings (SSSR count). The van der Waals surface area contributed by atoms with Gasteiger partial charge in [-0.1, -0.05) is 6.92 Å². The number of sulfonamides is 1. The molecule has 0 saturated carbocycles. The molecular weight excluding hydrogens is 294 g/mol. The summed E-state index contributed by atoms with van der Waals surface area (Å²) < 4.78 is 34.0. The van der Waals surface area contributed by atoms with E-state index >= 15 is 0 Å². The van der Waals surface area contributed by atoms with Gasteiger partial charge in [0.2, 0.25) is 10.0 Å². The number of aliphatic hydroxyl groups excluding tert-OH is 1. The number of nitrogens with one attached hydrogen (secondary N) is 1. The normalized spacial score (nSPS) is 12.0. The molecule has 1 heterocycles. The highest BCUT2D eigenvalue weighted by Crippen LogP contribution is 2.18.